The smallest absolute Gasteiger partial charge is 0.267 e. The van der Waals surface area contributed by atoms with Crippen LogP contribution >= 0.6 is 0 Å². The number of nitrogens with zero attached hydrogens (tertiary/aromatic N) is 2. The van der Waals surface area contributed by atoms with Crippen molar-refractivity contribution in [1.82, 2.24) is 4.98 Å². The second-order valence-electron chi connectivity index (χ2n) is 5.17. The number of rotatable bonds is 3. The molecule has 2 heterocycles. The van der Waals surface area contributed by atoms with Crippen LogP contribution in [0, 0.1) is 5.92 Å². The van der Waals surface area contributed by atoms with Crippen LogP contribution in [-0.2, 0) is 0 Å². The van der Waals surface area contributed by atoms with Gasteiger partial charge in [-0.1, -0.05) is 13.3 Å². The van der Waals surface area contributed by atoms with E-state index in [1.54, 1.807) is 12.1 Å². The van der Waals surface area contributed by atoms with Crippen LogP contribution in [0.5, 0.6) is 0 Å². The fraction of sp³-hybridized carbons (Fsp3) is 0.571. The van der Waals surface area contributed by atoms with Gasteiger partial charge in [0.2, 0.25) is 0 Å². The molecule has 0 radical (unpaired) electrons. The Kier molecular flexibility index (Phi) is 4.24. The maximum absolute atomic E-state index is 11.2. The van der Waals surface area contributed by atoms with Gasteiger partial charge in [0.1, 0.15) is 5.69 Å². The van der Waals surface area contributed by atoms with E-state index in [4.69, 9.17) is 11.5 Å². The summed E-state index contributed by atoms with van der Waals surface area (Å²) >= 11 is 0. The maximum atomic E-state index is 11.2. The molecule has 1 amide bonds. The van der Waals surface area contributed by atoms with E-state index in [0.29, 0.717) is 11.5 Å². The van der Waals surface area contributed by atoms with Crippen molar-refractivity contribution >= 4 is 17.4 Å². The van der Waals surface area contributed by atoms with Gasteiger partial charge in [-0.15, -0.1) is 0 Å². The molecule has 0 spiro atoms. The van der Waals surface area contributed by atoms with Gasteiger partial charge in [0.05, 0.1) is 5.69 Å². The number of carbonyl (C=O) groups excluding carboxylic acids is 1. The van der Waals surface area contributed by atoms with Crippen LogP contribution in [0.3, 0.4) is 0 Å². The molecule has 1 fully saturated rings. The highest BCUT2D eigenvalue weighted by molar-refractivity contribution is 5.91. The van der Waals surface area contributed by atoms with Gasteiger partial charge >= 0.3 is 0 Å². The molecule has 1 aromatic heterocycles. The van der Waals surface area contributed by atoms with E-state index in [1.807, 2.05) is 0 Å². The molecular weight excluding hydrogens is 240 g/mol. The van der Waals surface area contributed by atoms with Gasteiger partial charge in [0.15, 0.2) is 5.82 Å². The Labute approximate surface area is 114 Å². The van der Waals surface area contributed by atoms with Crippen molar-refractivity contribution in [1.29, 1.82) is 0 Å². The van der Waals surface area contributed by atoms with Crippen LogP contribution in [0.15, 0.2) is 12.1 Å². The fourth-order valence-electron chi connectivity index (χ4n) is 2.64. The molecule has 0 bridgehead atoms. The highest BCUT2D eigenvalue weighted by atomic mass is 16.1. The molecule has 19 heavy (non-hydrogen) atoms. The summed E-state index contributed by atoms with van der Waals surface area (Å²) in [5.74, 6) is 0.973. The van der Waals surface area contributed by atoms with E-state index in [1.165, 1.54) is 12.8 Å². The molecule has 1 aliphatic rings. The predicted octanol–water partition coefficient (Wildman–Crippen LogP) is 1.78. The number of hydrogen-bond donors (Lipinski definition) is 2. The average molecular weight is 262 g/mol. The molecule has 5 heteroatoms. The molecule has 0 saturated carbocycles. The minimum Gasteiger partial charge on any atom is -0.396 e. The zero-order valence-corrected chi connectivity index (χ0v) is 11.4. The summed E-state index contributed by atoms with van der Waals surface area (Å²) in [5.41, 5.74) is 12.1. The second kappa shape index (κ2) is 5.91. The first kappa shape index (κ1) is 13.6. The lowest BCUT2D eigenvalue weighted by molar-refractivity contribution is 0.0995. The van der Waals surface area contributed by atoms with E-state index >= 15 is 0 Å². The average Bonchev–Trinajstić information content (AvgIpc) is 2.64. The maximum Gasteiger partial charge on any atom is 0.267 e. The number of hydrogen-bond acceptors (Lipinski definition) is 4. The summed E-state index contributed by atoms with van der Waals surface area (Å²) in [7, 11) is 0. The van der Waals surface area contributed by atoms with E-state index in [-0.39, 0.29) is 5.69 Å². The van der Waals surface area contributed by atoms with Crippen molar-refractivity contribution in [2.45, 2.75) is 32.6 Å². The number of nitrogens with two attached hydrogens (primary N) is 2. The minimum absolute atomic E-state index is 0.278. The summed E-state index contributed by atoms with van der Waals surface area (Å²) in [4.78, 5) is 17.7. The van der Waals surface area contributed by atoms with Gasteiger partial charge in [-0.3, -0.25) is 4.79 Å². The molecule has 1 atom stereocenters. The summed E-state index contributed by atoms with van der Waals surface area (Å²) in [6.07, 6.45) is 4.76. The van der Waals surface area contributed by atoms with Gasteiger partial charge in [0.25, 0.3) is 5.91 Å². The number of pyridine rings is 1. The van der Waals surface area contributed by atoms with Gasteiger partial charge in [-0.2, -0.15) is 0 Å². The molecule has 1 saturated heterocycles. The standard InChI is InChI=1S/C14H22N4O/c1-2-10-4-3-8-18(9-7-10)14-11(15)5-6-12(17-14)13(16)19/h5-6,10H,2-4,7-9,15H2,1H3,(H2,16,19). The van der Waals surface area contributed by atoms with E-state index in [2.05, 4.69) is 16.8 Å². The van der Waals surface area contributed by atoms with Crippen molar-refractivity contribution in [3.63, 3.8) is 0 Å². The Balaban J connectivity index is 2.20. The van der Waals surface area contributed by atoms with Crippen molar-refractivity contribution < 1.29 is 4.79 Å². The first-order valence-electron chi connectivity index (χ1n) is 6.93. The predicted molar refractivity (Wildman–Crippen MR) is 77.0 cm³/mol. The number of primary amides is 1. The Hall–Kier alpha value is -1.78. The number of aromatic nitrogens is 1. The second-order valence-corrected chi connectivity index (χ2v) is 5.17. The lowest BCUT2D eigenvalue weighted by atomic mass is 9.98. The molecule has 0 aliphatic carbocycles. The molecule has 0 aromatic carbocycles. The lowest BCUT2D eigenvalue weighted by Crippen LogP contribution is -2.27. The van der Waals surface area contributed by atoms with Gasteiger partial charge in [-0.25, -0.2) is 4.98 Å². The Morgan fingerprint density at radius 3 is 2.89 bits per heavy atom. The molecule has 1 aromatic rings. The zero-order chi connectivity index (χ0) is 13.8. The summed E-state index contributed by atoms with van der Waals surface area (Å²) in [6, 6.07) is 3.29. The van der Waals surface area contributed by atoms with E-state index in [9.17, 15) is 4.79 Å². The molecule has 1 unspecified atom stereocenters. The van der Waals surface area contributed by atoms with Crippen LogP contribution in [0.4, 0.5) is 11.5 Å². The first-order valence-corrected chi connectivity index (χ1v) is 6.93. The molecule has 1 aliphatic heterocycles. The topological polar surface area (TPSA) is 85.2 Å². The van der Waals surface area contributed by atoms with Crippen LogP contribution in [0.1, 0.15) is 43.1 Å². The molecule has 104 valence electrons. The molecule has 4 N–H and O–H groups in total. The number of anilines is 2. The third-order valence-electron chi connectivity index (χ3n) is 3.88. The van der Waals surface area contributed by atoms with Crippen LogP contribution < -0.4 is 16.4 Å². The quantitative estimate of drug-likeness (QED) is 0.869. The first-order chi connectivity index (χ1) is 9.11. The van der Waals surface area contributed by atoms with Crippen molar-refractivity contribution in [2.75, 3.05) is 23.7 Å². The van der Waals surface area contributed by atoms with Crippen LogP contribution in [0.2, 0.25) is 0 Å². The van der Waals surface area contributed by atoms with Crippen LogP contribution in [0.25, 0.3) is 0 Å². The number of nitrogen functional groups attached to an aromatic ring is 1. The fourth-order valence-corrected chi connectivity index (χ4v) is 2.64. The molecular formula is C14H22N4O. The Morgan fingerprint density at radius 1 is 1.42 bits per heavy atom. The largest absolute Gasteiger partial charge is 0.396 e. The molecule has 5 nitrogen and oxygen atoms in total. The summed E-state index contributed by atoms with van der Waals surface area (Å²) in [5, 5.41) is 0. The normalized spacial score (nSPS) is 20.1. The minimum atomic E-state index is -0.512. The van der Waals surface area contributed by atoms with Gasteiger partial charge < -0.3 is 16.4 Å². The highest BCUT2D eigenvalue weighted by Crippen LogP contribution is 2.27. The monoisotopic (exact) mass is 262 g/mol. The van der Waals surface area contributed by atoms with Crippen molar-refractivity contribution in [3.8, 4) is 0 Å². The lowest BCUT2D eigenvalue weighted by Gasteiger charge is -2.23. The van der Waals surface area contributed by atoms with Crippen molar-refractivity contribution in [2.24, 2.45) is 11.7 Å². The van der Waals surface area contributed by atoms with Crippen LogP contribution in [-0.4, -0.2) is 24.0 Å². The third-order valence-corrected chi connectivity index (χ3v) is 3.88. The van der Waals surface area contributed by atoms with E-state index in [0.717, 1.165) is 31.8 Å². The third kappa shape index (κ3) is 3.16. The number of carbonyl (C=O) groups is 1. The Bertz CT molecular complexity index is 461. The zero-order valence-electron chi connectivity index (χ0n) is 11.4. The SMILES string of the molecule is CCC1CCCN(c2nc(C(N)=O)ccc2N)CC1. The van der Waals surface area contributed by atoms with Crippen molar-refractivity contribution in [3.05, 3.63) is 17.8 Å². The molecule has 2 rings (SSSR count). The van der Waals surface area contributed by atoms with Gasteiger partial charge in [0, 0.05) is 13.1 Å². The summed E-state index contributed by atoms with van der Waals surface area (Å²) in [6.45, 7) is 4.12. The van der Waals surface area contributed by atoms with Gasteiger partial charge in [-0.05, 0) is 37.3 Å². The number of amides is 1. The summed E-state index contributed by atoms with van der Waals surface area (Å²) < 4.78 is 0. The van der Waals surface area contributed by atoms with E-state index < -0.39 is 5.91 Å². The Morgan fingerprint density at radius 2 is 2.21 bits per heavy atom. The highest BCUT2D eigenvalue weighted by Gasteiger charge is 2.19.